The Bertz CT molecular complexity index is 650. The van der Waals surface area contributed by atoms with Crippen LogP contribution in [0.15, 0.2) is 6.20 Å². The first-order chi connectivity index (χ1) is 9.97. The molecule has 1 aromatic rings. The van der Waals surface area contributed by atoms with Gasteiger partial charge in [0.05, 0.1) is 16.9 Å². The van der Waals surface area contributed by atoms with Crippen LogP contribution in [0.3, 0.4) is 0 Å². The van der Waals surface area contributed by atoms with Gasteiger partial charge in [-0.15, -0.1) is 0 Å². The molecule has 0 amide bonds. The van der Waals surface area contributed by atoms with E-state index in [1.807, 2.05) is 4.57 Å². The summed E-state index contributed by atoms with van der Waals surface area (Å²) in [6.07, 6.45) is 5.67. The van der Waals surface area contributed by atoms with Gasteiger partial charge < -0.3 is 9.67 Å². The maximum atomic E-state index is 12.1. The highest BCUT2D eigenvalue weighted by Crippen LogP contribution is 2.26. The lowest BCUT2D eigenvalue weighted by Crippen LogP contribution is -2.32. The molecule has 1 aromatic heterocycles. The van der Waals surface area contributed by atoms with Gasteiger partial charge >= 0.3 is 5.97 Å². The molecule has 2 atom stereocenters. The summed E-state index contributed by atoms with van der Waals surface area (Å²) in [7, 11) is -3.00. The molecule has 2 unspecified atom stereocenters. The van der Waals surface area contributed by atoms with E-state index in [9.17, 15) is 13.2 Å². The molecule has 21 heavy (non-hydrogen) atoms. The molecule has 0 radical (unpaired) electrons. The van der Waals surface area contributed by atoms with Crippen LogP contribution < -0.4 is 0 Å². The van der Waals surface area contributed by atoms with E-state index >= 15 is 0 Å². The predicted octanol–water partition coefficient (Wildman–Crippen LogP) is 1.04. The molecule has 3 heterocycles. The number of hydrogen-bond acceptors (Lipinski definition) is 4. The minimum Gasteiger partial charge on any atom is -0.481 e. The van der Waals surface area contributed by atoms with Crippen LogP contribution in [-0.4, -0.2) is 40.0 Å². The van der Waals surface area contributed by atoms with Crippen LogP contribution in [0.5, 0.6) is 0 Å². The molecule has 1 saturated heterocycles. The van der Waals surface area contributed by atoms with Crippen molar-refractivity contribution in [3.63, 3.8) is 0 Å². The summed E-state index contributed by atoms with van der Waals surface area (Å²) in [5.74, 6) is -0.0320. The van der Waals surface area contributed by atoms with Gasteiger partial charge in [0.2, 0.25) is 0 Å². The Labute approximate surface area is 124 Å². The number of sulfone groups is 1. The topological polar surface area (TPSA) is 89.3 Å². The molecular formula is C14H20N2O4S. The van der Waals surface area contributed by atoms with Crippen molar-refractivity contribution in [2.75, 3.05) is 5.75 Å². The Morgan fingerprint density at radius 1 is 1.38 bits per heavy atom. The van der Waals surface area contributed by atoms with Gasteiger partial charge in [-0.3, -0.25) is 4.79 Å². The summed E-state index contributed by atoms with van der Waals surface area (Å²) in [4.78, 5) is 15.4. The van der Waals surface area contributed by atoms with E-state index in [1.165, 1.54) is 0 Å². The lowest BCUT2D eigenvalue weighted by atomic mass is 9.96. The second kappa shape index (κ2) is 5.44. The Balaban J connectivity index is 1.78. The quantitative estimate of drug-likeness (QED) is 0.900. The fraction of sp³-hybridized carbons (Fsp3) is 0.714. The van der Waals surface area contributed by atoms with Gasteiger partial charge in [-0.1, -0.05) is 6.42 Å². The summed E-state index contributed by atoms with van der Waals surface area (Å²) in [6.45, 7) is 0.619. The molecular weight excluding hydrogens is 292 g/mol. The van der Waals surface area contributed by atoms with E-state index in [0.717, 1.165) is 24.4 Å². The smallest absolute Gasteiger partial charge is 0.306 e. The van der Waals surface area contributed by atoms with E-state index in [4.69, 9.17) is 5.11 Å². The first-order valence-corrected chi connectivity index (χ1v) is 9.16. The van der Waals surface area contributed by atoms with Crippen molar-refractivity contribution in [3.05, 3.63) is 17.7 Å². The molecule has 0 aliphatic carbocycles. The van der Waals surface area contributed by atoms with Crippen LogP contribution in [0.1, 0.15) is 37.2 Å². The van der Waals surface area contributed by atoms with Gasteiger partial charge in [0, 0.05) is 31.3 Å². The normalized spacial score (nSPS) is 28.0. The third kappa shape index (κ3) is 2.84. The van der Waals surface area contributed by atoms with E-state index in [1.54, 1.807) is 6.20 Å². The summed E-state index contributed by atoms with van der Waals surface area (Å²) in [5.41, 5.74) is 0.914. The zero-order valence-corrected chi connectivity index (χ0v) is 12.7. The largest absolute Gasteiger partial charge is 0.481 e. The van der Waals surface area contributed by atoms with Gasteiger partial charge in [-0.2, -0.15) is 0 Å². The number of fused-ring (bicyclic) bond motifs is 1. The number of hydrogen-bond donors (Lipinski definition) is 1. The minimum absolute atomic E-state index is 0.284. The van der Waals surface area contributed by atoms with Crippen molar-refractivity contribution in [2.45, 2.75) is 50.3 Å². The lowest BCUT2D eigenvalue weighted by Gasteiger charge is -2.25. The zero-order chi connectivity index (χ0) is 15.0. The number of imidazole rings is 1. The fourth-order valence-electron chi connectivity index (χ4n) is 3.36. The molecule has 0 spiro atoms. The highest BCUT2D eigenvalue weighted by Gasteiger charge is 2.32. The number of carboxylic acids is 1. The summed E-state index contributed by atoms with van der Waals surface area (Å²) in [5, 5.41) is 8.77. The molecule has 2 aliphatic rings. The van der Waals surface area contributed by atoms with Gasteiger partial charge in [0.1, 0.15) is 5.82 Å². The Hall–Kier alpha value is -1.37. The number of carbonyl (C=O) groups is 1. The average molecular weight is 312 g/mol. The second-order valence-electron chi connectivity index (χ2n) is 6.03. The van der Waals surface area contributed by atoms with Crippen LogP contribution in [-0.2, 0) is 34.0 Å². The SMILES string of the molecule is O=C(O)C1CCn2c(cnc2CC2CCCCS2(=O)=O)C1. The van der Waals surface area contributed by atoms with Gasteiger partial charge in [0.25, 0.3) is 0 Å². The maximum absolute atomic E-state index is 12.1. The van der Waals surface area contributed by atoms with Crippen LogP contribution in [0.25, 0.3) is 0 Å². The Kier molecular flexibility index (Phi) is 3.77. The van der Waals surface area contributed by atoms with Crippen LogP contribution in [0, 0.1) is 5.92 Å². The molecule has 116 valence electrons. The Morgan fingerprint density at radius 3 is 2.90 bits per heavy atom. The maximum Gasteiger partial charge on any atom is 0.306 e. The first-order valence-electron chi connectivity index (χ1n) is 7.45. The van der Waals surface area contributed by atoms with E-state index in [0.29, 0.717) is 32.2 Å². The lowest BCUT2D eigenvalue weighted by molar-refractivity contribution is -0.142. The molecule has 0 aromatic carbocycles. The van der Waals surface area contributed by atoms with Crippen LogP contribution >= 0.6 is 0 Å². The van der Waals surface area contributed by atoms with Crippen molar-refractivity contribution >= 4 is 15.8 Å². The molecule has 3 rings (SSSR count). The van der Waals surface area contributed by atoms with Crippen LogP contribution in [0.2, 0.25) is 0 Å². The monoisotopic (exact) mass is 312 g/mol. The summed E-state index contributed by atoms with van der Waals surface area (Å²) < 4.78 is 26.2. The van der Waals surface area contributed by atoms with Crippen molar-refractivity contribution in [1.29, 1.82) is 0 Å². The molecule has 1 N–H and O–H groups in total. The summed E-state index contributed by atoms with van der Waals surface area (Å²) in [6, 6.07) is 0. The molecule has 6 nitrogen and oxygen atoms in total. The van der Waals surface area contributed by atoms with Gasteiger partial charge in [-0.25, -0.2) is 13.4 Å². The third-order valence-corrected chi connectivity index (χ3v) is 6.93. The van der Waals surface area contributed by atoms with Gasteiger partial charge in [-0.05, 0) is 19.3 Å². The highest BCUT2D eigenvalue weighted by atomic mass is 32.2. The predicted molar refractivity (Wildman–Crippen MR) is 76.8 cm³/mol. The molecule has 1 fully saturated rings. The third-order valence-electron chi connectivity index (χ3n) is 4.65. The fourth-order valence-corrected chi connectivity index (χ4v) is 5.23. The van der Waals surface area contributed by atoms with E-state index < -0.39 is 15.8 Å². The number of rotatable bonds is 3. The molecule has 0 bridgehead atoms. The first kappa shape index (κ1) is 14.6. The average Bonchev–Trinajstić information content (AvgIpc) is 2.83. The van der Waals surface area contributed by atoms with E-state index in [-0.39, 0.29) is 16.9 Å². The molecule has 0 saturated carbocycles. The summed E-state index contributed by atoms with van der Waals surface area (Å²) >= 11 is 0. The van der Waals surface area contributed by atoms with E-state index in [2.05, 4.69) is 4.98 Å². The molecule has 7 heteroatoms. The Morgan fingerprint density at radius 2 is 2.19 bits per heavy atom. The van der Waals surface area contributed by atoms with Crippen molar-refractivity contribution in [1.82, 2.24) is 9.55 Å². The van der Waals surface area contributed by atoms with Crippen molar-refractivity contribution < 1.29 is 18.3 Å². The number of aliphatic carboxylic acids is 1. The number of nitrogens with zero attached hydrogens (tertiary/aromatic N) is 2. The van der Waals surface area contributed by atoms with Crippen molar-refractivity contribution in [2.24, 2.45) is 5.92 Å². The minimum atomic E-state index is -3.00. The van der Waals surface area contributed by atoms with Gasteiger partial charge in [0.15, 0.2) is 9.84 Å². The van der Waals surface area contributed by atoms with Crippen molar-refractivity contribution in [3.8, 4) is 0 Å². The standard InChI is InChI=1S/C14H20N2O4S/c17-14(18)10-4-5-16-11(7-10)9-15-13(16)8-12-3-1-2-6-21(12,19)20/h9-10,12H,1-8H2,(H,17,18). The van der Waals surface area contributed by atoms with Crippen LogP contribution in [0.4, 0.5) is 0 Å². The highest BCUT2D eigenvalue weighted by molar-refractivity contribution is 7.92. The number of carboxylic acid groups (broad SMARTS) is 1. The molecule has 2 aliphatic heterocycles. The zero-order valence-electron chi connectivity index (χ0n) is 11.9. The second-order valence-corrected chi connectivity index (χ2v) is 8.43. The number of aromatic nitrogens is 2.